The smallest absolute Gasteiger partial charge is 0.245 e. The number of nitrogens with zero attached hydrogens (tertiary/aromatic N) is 3. The van der Waals surface area contributed by atoms with E-state index >= 15 is 0 Å². The van der Waals surface area contributed by atoms with E-state index in [1.54, 1.807) is 0 Å². The molecule has 1 fully saturated rings. The molecule has 0 atom stereocenters. The van der Waals surface area contributed by atoms with Crippen molar-refractivity contribution < 1.29 is 34.8 Å². The highest BCUT2D eigenvalue weighted by atomic mass is 32.2. The molecule has 12 nitrogen and oxygen atoms in total. The van der Waals surface area contributed by atoms with Gasteiger partial charge in [0, 0.05) is 27.2 Å². The molecule has 15 heteroatoms. The summed E-state index contributed by atoms with van der Waals surface area (Å²) >= 11 is 0. The summed E-state index contributed by atoms with van der Waals surface area (Å²) in [7, 11) is -7.35. The van der Waals surface area contributed by atoms with E-state index in [1.807, 2.05) is 0 Å². The van der Waals surface area contributed by atoms with E-state index in [1.165, 1.54) is 68.0 Å². The minimum absolute atomic E-state index is 0.0249. The molecule has 2 aromatic carbocycles. The number of nitrogens with one attached hydrogen (secondary N) is 1. The van der Waals surface area contributed by atoms with Gasteiger partial charge in [-0.3, -0.25) is 9.10 Å². The van der Waals surface area contributed by atoms with Crippen LogP contribution in [0.4, 0.5) is 11.4 Å². The topological polar surface area (TPSA) is 150 Å². The van der Waals surface area contributed by atoms with Crippen molar-refractivity contribution in [3.8, 4) is 5.75 Å². The molecule has 37 heavy (non-hydrogen) atoms. The van der Waals surface area contributed by atoms with Crippen LogP contribution in [0.1, 0.15) is 12.8 Å². The lowest BCUT2D eigenvalue weighted by molar-refractivity contribution is -0.114. The molecule has 2 aromatic rings. The molecule has 0 bridgehead atoms. The monoisotopic (exact) mass is 574 g/mol. The predicted octanol–water partition coefficient (Wildman–Crippen LogP) is 1.13. The van der Waals surface area contributed by atoms with Crippen molar-refractivity contribution in [1.82, 2.24) is 8.61 Å². The second kappa shape index (κ2) is 10.9. The summed E-state index contributed by atoms with van der Waals surface area (Å²) in [5, 5.41) is 2.53. The van der Waals surface area contributed by atoms with E-state index in [-0.39, 0.29) is 26.9 Å². The van der Waals surface area contributed by atoms with Crippen LogP contribution in [0.25, 0.3) is 0 Å². The first-order valence-electron chi connectivity index (χ1n) is 11.2. The first kappa shape index (κ1) is 28.8. The Kier molecular flexibility index (Phi) is 8.54. The van der Waals surface area contributed by atoms with Crippen molar-refractivity contribution in [2.24, 2.45) is 0 Å². The maximum atomic E-state index is 12.9. The van der Waals surface area contributed by atoms with Crippen LogP contribution in [-0.4, -0.2) is 86.9 Å². The van der Waals surface area contributed by atoms with Gasteiger partial charge < -0.3 is 10.1 Å². The minimum atomic E-state index is -3.95. The van der Waals surface area contributed by atoms with Gasteiger partial charge in [0.15, 0.2) is 0 Å². The van der Waals surface area contributed by atoms with Crippen molar-refractivity contribution in [2.75, 3.05) is 56.7 Å². The lowest BCUT2D eigenvalue weighted by Crippen LogP contribution is -2.37. The fourth-order valence-electron chi connectivity index (χ4n) is 3.74. The summed E-state index contributed by atoms with van der Waals surface area (Å²) in [6.45, 7) is 0.173. The molecular weight excluding hydrogens is 544 g/mol. The standard InChI is InChI=1S/C22H30N4O8S3/c1-24(2)36(30,31)18-9-7-17(8-10-18)26(35(4,28)29)16-22(27)23-20-15-19(11-12-21(20)34-3)37(32,33)25-13-5-6-14-25/h7-12,15H,5-6,13-14,16H2,1-4H3,(H,23,27). The lowest BCUT2D eigenvalue weighted by Gasteiger charge is -2.23. The molecule has 1 aliphatic heterocycles. The second-order valence-electron chi connectivity index (χ2n) is 8.57. The van der Waals surface area contributed by atoms with Gasteiger partial charge in [-0.15, -0.1) is 0 Å². The van der Waals surface area contributed by atoms with Gasteiger partial charge in [0.1, 0.15) is 12.3 Å². The van der Waals surface area contributed by atoms with Crippen molar-refractivity contribution in [1.29, 1.82) is 0 Å². The van der Waals surface area contributed by atoms with Gasteiger partial charge in [0.25, 0.3) is 0 Å². The highest BCUT2D eigenvalue weighted by Crippen LogP contribution is 2.30. The average molecular weight is 575 g/mol. The number of carbonyl (C=O) groups is 1. The fourth-order valence-corrected chi connectivity index (χ4v) is 7.04. The number of hydrogen-bond acceptors (Lipinski definition) is 8. The Labute approximate surface area is 218 Å². The summed E-state index contributed by atoms with van der Waals surface area (Å²) in [5.74, 6) is -0.567. The van der Waals surface area contributed by atoms with Crippen molar-refractivity contribution in [3.05, 3.63) is 42.5 Å². The summed E-state index contributed by atoms with van der Waals surface area (Å²) < 4.78 is 83.9. The van der Waals surface area contributed by atoms with Crippen LogP contribution in [-0.2, 0) is 34.9 Å². The fraction of sp³-hybridized carbons (Fsp3) is 0.409. The molecule has 3 rings (SSSR count). The van der Waals surface area contributed by atoms with Gasteiger partial charge in [-0.2, -0.15) is 4.31 Å². The van der Waals surface area contributed by atoms with E-state index in [9.17, 15) is 30.0 Å². The largest absolute Gasteiger partial charge is 0.495 e. The summed E-state index contributed by atoms with van der Waals surface area (Å²) in [4.78, 5) is 12.8. The molecule has 0 unspecified atom stereocenters. The van der Waals surface area contributed by atoms with Crippen LogP contribution in [0.15, 0.2) is 52.3 Å². The maximum absolute atomic E-state index is 12.9. The van der Waals surface area contributed by atoms with Crippen LogP contribution < -0.4 is 14.4 Å². The number of benzene rings is 2. The van der Waals surface area contributed by atoms with Gasteiger partial charge in [-0.1, -0.05) is 0 Å². The molecule has 0 aliphatic carbocycles. The van der Waals surface area contributed by atoms with E-state index < -0.39 is 42.5 Å². The Hall–Kier alpha value is -2.72. The van der Waals surface area contributed by atoms with Gasteiger partial charge >= 0.3 is 0 Å². The van der Waals surface area contributed by atoms with Gasteiger partial charge in [0.05, 0.1) is 34.5 Å². The van der Waals surface area contributed by atoms with E-state index in [0.717, 1.165) is 27.7 Å². The van der Waals surface area contributed by atoms with Crippen LogP contribution in [0.5, 0.6) is 5.75 Å². The lowest BCUT2D eigenvalue weighted by atomic mass is 10.3. The molecule has 1 N–H and O–H groups in total. The highest BCUT2D eigenvalue weighted by molar-refractivity contribution is 7.92. The second-order valence-corrected chi connectivity index (χ2v) is 14.6. The van der Waals surface area contributed by atoms with Crippen LogP contribution >= 0.6 is 0 Å². The Balaban J connectivity index is 1.87. The number of sulfonamides is 3. The third kappa shape index (κ3) is 6.41. The third-order valence-electron chi connectivity index (χ3n) is 5.74. The number of rotatable bonds is 10. The van der Waals surface area contributed by atoms with Crippen molar-refractivity contribution in [2.45, 2.75) is 22.6 Å². The highest BCUT2D eigenvalue weighted by Gasteiger charge is 2.29. The Morgan fingerprint density at radius 1 is 0.946 bits per heavy atom. The normalized spacial score (nSPS) is 15.1. The molecule has 0 aromatic heterocycles. The van der Waals surface area contributed by atoms with Crippen LogP contribution in [0.3, 0.4) is 0 Å². The van der Waals surface area contributed by atoms with Gasteiger partial charge in [-0.25, -0.2) is 29.6 Å². The molecule has 0 spiro atoms. The quantitative estimate of drug-likeness (QED) is 0.444. The number of methoxy groups -OCH3 is 1. The Bertz CT molecular complexity index is 1470. The molecule has 1 heterocycles. The van der Waals surface area contributed by atoms with E-state index in [4.69, 9.17) is 4.74 Å². The zero-order valence-electron chi connectivity index (χ0n) is 20.9. The summed E-state index contributed by atoms with van der Waals surface area (Å²) in [6.07, 6.45) is 2.44. The molecule has 0 saturated carbocycles. The van der Waals surface area contributed by atoms with E-state index in [0.29, 0.717) is 13.1 Å². The first-order valence-corrected chi connectivity index (χ1v) is 15.9. The summed E-state index contributed by atoms with van der Waals surface area (Å²) in [5.41, 5.74) is 0.140. The molecule has 0 radical (unpaired) electrons. The van der Waals surface area contributed by atoms with Crippen molar-refractivity contribution in [3.63, 3.8) is 0 Å². The number of ether oxygens (including phenoxy) is 1. The SMILES string of the molecule is COc1ccc(S(=O)(=O)N2CCCC2)cc1NC(=O)CN(c1ccc(S(=O)(=O)N(C)C)cc1)S(C)(=O)=O. The summed E-state index contributed by atoms with van der Waals surface area (Å²) in [6, 6.07) is 9.14. The zero-order chi connectivity index (χ0) is 27.6. The number of carbonyl (C=O) groups excluding carboxylic acids is 1. The average Bonchev–Trinajstić information content (AvgIpc) is 3.38. The number of hydrogen-bond donors (Lipinski definition) is 1. The predicted molar refractivity (Wildman–Crippen MR) is 139 cm³/mol. The molecule has 1 aliphatic rings. The number of amides is 1. The molecular formula is C22H30N4O8S3. The maximum Gasteiger partial charge on any atom is 0.245 e. The zero-order valence-corrected chi connectivity index (χ0v) is 23.4. The third-order valence-corrected chi connectivity index (χ3v) is 10.6. The molecule has 1 saturated heterocycles. The van der Waals surface area contributed by atoms with Gasteiger partial charge in [0.2, 0.25) is 36.0 Å². The van der Waals surface area contributed by atoms with E-state index in [2.05, 4.69) is 5.32 Å². The van der Waals surface area contributed by atoms with Crippen LogP contribution in [0.2, 0.25) is 0 Å². The minimum Gasteiger partial charge on any atom is -0.495 e. The Morgan fingerprint density at radius 3 is 2.03 bits per heavy atom. The molecule has 1 amide bonds. The first-order chi connectivity index (χ1) is 17.2. The van der Waals surface area contributed by atoms with Gasteiger partial charge in [-0.05, 0) is 55.3 Å². The van der Waals surface area contributed by atoms with Crippen molar-refractivity contribution >= 4 is 47.4 Å². The Morgan fingerprint density at radius 2 is 1.51 bits per heavy atom. The van der Waals surface area contributed by atoms with Crippen LogP contribution in [0, 0.1) is 0 Å². The molecule has 204 valence electrons. The number of anilines is 2.